The highest BCUT2D eigenvalue weighted by Gasteiger charge is 2.44. The minimum Gasteiger partial charge on any atom is -0.466 e. The van der Waals surface area contributed by atoms with Gasteiger partial charge in [-0.3, -0.25) is 9.59 Å². The number of esters is 1. The maximum absolute atomic E-state index is 13.0. The van der Waals surface area contributed by atoms with E-state index in [1.807, 2.05) is 6.08 Å². The molecule has 11 nitrogen and oxygen atoms in total. The number of allylic oxidation sites excluding steroid dienone is 3. The average Bonchev–Trinajstić information content (AvgIpc) is 3.47. The van der Waals surface area contributed by atoms with Crippen LogP contribution in [0.15, 0.2) is 24.3 Å². The van der Waals surface area contributed by atoms with E-state index in [1.54, 1.807) is 6.08 Å². The SMILES string of the molecule is CCCCCCCC/C=C\CCCCCCCCCCCC(=O)OCCCCCCCCCCCCCCCCCCCCCCCCCCCC(=O)NC(COC1OC(CO)C(O)C(O)C1O)C(O)/C=C/CCCCCCCCC. The normalized spacial score (nSPS) is 18.3. The van der Waals surface area contributed by atoms with Gasteiger partial charge in [-0.25, -0.2) is 0 Å². The third kappa shape index (κ3) is 49.0. The zero-order valence-corrected chi connectivity index (χ0v) is 53.0. The standard InChI is InChI=1S/C70H133NO10/c1-3-5-7-9-11-13-14-15-16-17-25-29-32-35-38-42-46-50-54-58-66(75)79-59-55-51-47-43-39-36-33-30-27-24-22-20-18-19-21-23-26-28-31-34-37-41-45-49-53-57-65(74)71-62(63(73)56-52-48-44-40-12-10-8-6-4-2)61-80-70-69(78)68(77)67(76)64(60-72)81-70/h15-16,52,56,62-64,67-70,72-73,76-78H,3-14,17-51,53-55,57-61H2,1-2H3,(H,71,74)/b16-15-,56-52+. The lowest BCUT2D eigenvalue weighted by Crippen LogP contribution is -2.60. The number of rotatable bonds is 62. The zero-order chi connectivity index (χ0) is 58.7. The number of carbonyl (C=O) groups excluding carboxylic acids is 2. The molecule has 1 amide bonds. The highest BCUT2D eigenvalue weighted by molar-refractivity contribution is 5.76. The predicted molar refractivity (Wildman–Crippen MR) is 338 cm³/mol. The molecule has 0 aliphatic carbocycles. The van der Waals surface area contributed by atoms with E-state index in [2.05, 4.69) is 31.3 Å². The van der Waals surface area contributed by atoms with Crippen LogP contribution in [0.3, 0.4) is 0 Å². The van der Waals surface area contributed by atoms with Gasteiger partial charge in [-0.15, -0.1) is 0 Å². The minimum absolute atomic E-state index is 0.00596. The fourth-order valence-electron chi connectivity index (χ4n) is 11.3. The van der Waals surface area contributed by atoms with E-state index < -0.39 is 49.5 Å². The van der Waals surface area contributed by atoms with E-state index >= 15 is 0 Å². The average molecular weight is 1150 g/mol. The number of unbranched alkanes of at least 4 members (excludes halogenated alkanes) is 46. The number of ether oxygens (including phenoxy) is 3. The molecule has 1 fully saturated rings. The van der Waals surface area contributed by atoms with Crippen molar-refractivity contribution < 1.29 is 49.3 Å². The van der Waals surface area contributed by atoms with Crippen LogP contribution >= 0.6 is 0 Å². The number of nitrogens with one attached hydrogen (secondary N) is 1. The minimum atomic E-state index is -1.57. The summed E-state index contributed by atoms with van der Waals surface area (Å²) < 4.78 is 16.7. The molecule has 7 unspecified atom stereocenters. The quantitative estimate of drug-likeness (QED) is 0.0195. The molecule has 0 aromatic carbocycles. The maximum Gasteiger partial charge on any atom is 0.305 e. The van der Waals surface area contributed by atoms with Crippen LogP contribution in [0.4, 0.5) is 0 Å². The Kier molecular flexibility index (Phi) is 57.0. The molecule has 0 spiro atoms. The van der Waals surface area contributed by atoms with E-state index in [4.69, 9.17) is 14.2 Å². The maximum atomic E-state index is 13.0. The lowest BCUT2D eigenvalue weighted by Gasteiger charge is -2.40. The van der Waals surface area contributed by atoms with Crippen molar-refractivity contribution in [2.24, 2.45) is 0 Å². The van der Waals surface area contributed by atoms with Crippen LogP contribution in [-0.4, -0.2) is 100 Å². The van der Waals surface area contributed by atoms with Gasteiger partial charge < -0.3 is 45.1 Å². The van der Waals surface area contributed by atoms with Gasteiger partial charge in [0.2, 0.25) is 5.91 Å². The van der Waals surface area contributed by atoms with E-state index in [1.165, 1.54) is 263 Å². The summed E-state index contributed by atoms with van der Waals surface area (Å²) in [7, 11) is 0. The lowest BCUT2D eigenvalue weighted by atomic mass is 9.99. The monoisotopic (exact) mass is 1150 g/mol. The van der Waals surface area contributed by atoms with Crippen molar-refractivity contribution in [1.82, 2.24) is 5.32 Å². The Morgan fingerprint density at radius 2 is 0.790 bits per heavy atom. The van der Waals surface area contributed by atoms with Gasteiger partial charge in [-0.1, -0.05) is 301 Å². The molecule has 0 aromatic heterocycles. The first-order chi connectivity index (χ1) is 39.7. The summed E-state index contributed by atoms with van der Waals surface area (Å²) in [6.07, 6.45) is 64.7. The molecule has 0 saturated carbocycles. The molecule has 1 aliphatic rings. The van der Waals surface area contributed by atoms with Crippen LogP contribution in [0.25, 0.3) is 0 Å². The molecule has 1 saturated heterocycles. The van der Waals surface area contributed by atoms with Crippen LogP contribution in [0.1, 0.15) is 348 Å². The second-order valence-electron chi connectivity index (χ2n) is 24.6. The number of aliphatic hydroxyl groups excluding tert-OH is 5. The first kappa shape index (κ1) is 77.2. The molecule has 81 heavy (non-hydrogen) atoms. The molecule has 0 bridgehead atoms. The largest absolute Gasteiger partial charge is 0.466 e. The third-order valence-corrected chi connectivity index (χ3v) is 16.8. The van der Waals surface area contributed by atoms with Crippen LogP contribution in [0, 0.1) is 0 Å². The Morgan fingerprint density at radius 3 is 1.19 bits per heavy atom. The van der Waals surface area contributed by atoms with Crippen molar-refractivity contribution in [3.05, 3.63) is 24.3 Å². The molecular weight excluding hydrogens is 1010 g/mol. The van der Waals surface area contributed by atoms with Crippen molar-refractivity contribution >= 4 is 11.9 Å². The molecule has 1 rings (SSSR count). The smallest absolute Gasteiger partial charge is 0.305 e. The second kappa shape index (κ2) is 59.9. The number of carbonyl (C=O) groups is 2. The Hall–Kier alpha value is -1.86. The fraction of sp³-hybridized carbons (Fsp3) is 0.914. The summed E-state index contributed by atoms with van der Waals surface area (Å²) in [5.41, 5.74) is 0. The Bertz CT molecular complexity index is 1390. The molecule has 478 valence electrons. The predicted octanol–water partition coefficient (Wildman–Crippen LogP) is 17.6. The van der Waals surface area contributed by atoms with E-state index in [0.29, 0.717) is 19.4 Å². The van der Waals surface area contributed by atoms with Gasteiger partial charge in [-0.2, -0.15) is 0 Å². The van der Waals surface area contributed by atoms with Crippen molar-refractivity contribution in [2.75, 3.05) is 19.8 Å². The summed E-state index contributed by atoms with van der Waals surface area (Å²) in [6.45, 7) is 4.34. The zero-order valence-electron chi connectivity index (χ0n) is 53.0. The van der Waals surface area contributed by atoms with Crippen LogP contribution in [0.2, 0.25) is 0 Å². The third-order valence-electron chi connectivity index (χ3n) is 16.8. The molecular formula is C70H133NO10. The van der Waals surface area contributed by atoms with Gasteiger partial charge >= 0.3 is 5.97 Å². The van der Waals surface area contributed by atoms with Gasteiger partial charge in [0.05, 0.1) is 32.0 Å². The molecule has 1 heterocycles. The van der Waals surface area contributed by atoms with E-state index in [-0.39, 0.29) is 18.5 Å². The molecule has 0 aromatic rings. The van der Waals surface area contributed by atoms with Crippen LogP contribution in [-0.2, 0) is 23.8 Å². The van der Waals surface area contributed by atoms with E-state index in [9.17, 15) is 35.1 Å². The second-order valence-corrected chi connectivity index (χ2v) is 24.6. The molecule has 7 atom stereocenters. The van der Waals surface area contributed by atoms with E-state index in [0.717, 1.165) is 57.8 Å². The van der Waals surface area contributed by atoms with Crippen molar-refractivity contribution in [1.29, 1.82) is 0 Å². The fourth-order valence-corrected chi connectivity index (χ4v) is 11.3. The van der Waals surface area contributed by atoms with Crippen molar-refractivity contribution in [3.63, 3.8) is 0 Å². The number of aliphatic hydroxyl groups is 5. The molecule has 0 radical (unpaired) electrons. The highest BCUT2D eigenvalue weighted by atomic mass is 16.7. The van der Waals surface area contributed by atoms with Crippen LogP contribution < -0.4 is 5.32 Å². The lowest BCUT2D eigenvalue weighted by molar-refractivity contribution is -0.302. The summed E-state index contributed by atoms with van der Waals surface area (Å²) in [5, 5.41) is 54.3. The summed E-state index contributed by atoms with van der Waals surface area (Å²) in [6, 6.07) is -0.807. The van der Waals surface area contributed by atoms with Crippen molar-refractivity contribution in [3.8, 4) is 0 Å². The van der Waals surface area contributed by atoms with Gasteiger partial charge in [-0.05, 0) is 57.8 Å². The highest BCUT2D eigenvalue weighted by Crippen LogP contribution is 2.23. The summed E-state index contributed by atoms with van der Waals surface area (Å²) >= 11 is 0. The molecule has 6 N–H and O–H groups in total. The first-order valence-corrected chi connectivity index (χ1v) is 35.1. The molecule has 1 aliphatic heterocycles. The van der Waals surface area contributed by atoms with Gasteiger partial charge in [0, 0.05) is 12.8 Å². The number of amides is 1. The van der Waals surface area contributed by atoms with Gasteiger partial charge in [0.15, 0.2) is 6.29 Å². The number of hydrogen-bond acceptors (Lipinski definition) is 10. The Labute approximate surface area is 499 Å². The van der Waals surface area contributed by atoms with Crippen LogP contribution in [0.5, 0.6) is 0 Å². The first-order valence-electron chi connectivity index (χ1n) is 35.1. The number of hydrogen-bond donors (Lipinski definition) is 6. The Morgan fingerprint density at radius 1 is 0.444 bits per heavy atom. The van der Waals surface area contributed by atoms with Gasteiger partial charge in [0.1, 0.15) is 24.4 Å². The molecule has 11 heteroatoms. The Balaban J connectivity index is 1.90. The summed E-state index contributed by atoms with van der Waals surface area (Å²) in [4.78, 5) is 25.1. The topological polar surface area (TPSA) is 175 Å². The van der Waals surface area contributed by atoms with Gasteiger partial charge in [0.25, 0.3) is 0 Å². The van der Waals surface area contributed by atoms with Crippen molar-refractivity contribution in [2.45, 2.75) is 391 Å². The summed E-state index contributed by atoms with van der Waals surface area (Å²) in [5.74, 6) is -0.175.